The van der Waals surface area contributed by atoms with Gasteiger partial charge in [0.05, 0.1) is 16.5 Å². The van der Waals surface area contributed by atoms with Crippen LogP contribution in [-0.4, -0.2) is 33.1 Å². The van der Waals surface area contributed by atoms with E-state index in [-0.39, 0.29) is 16.6 Å². The lowest BCUT2D eigenvalue weighted by Gasteiger charge is -2.09. The van der Waals surface area contributed by atoms with Crippen molar-refractivity contribution in [2.45, 2.75) is 4.90 Å². The Morgan fingerprint density at radius 1 is 1.45 bits per heavy atom. The molecular formula is C12H11BrN2O5S2. The molecule has 118 valence electrons. The van der Waals surface area contributed by atoms with Crippen LogP contribution in [0.2, 0.25) is 0 Å². The number of anilines is 1. The van der Waals surface area contributed by atoms with E-state index < -0.39 is 16.0 Å². The van der Waals surface area contributed by atoms with Crippen LogP contribution in [0.3, 0.4) is 0 Å². The van der Waals surface area contributed by atoms with Gasteiger partial charge in [0.1, 0.15) is 5.75 Å². The molecule has 0 amide bonds. The Morgan fingerprint density at radius 2 is 2.23 bits per heavy atom. The minimum Gasteiger partial charge on any atom is -0.481 e. The highest BCUT2D eigenvalue weighted by Gasteiger charge is 2.17. The lowest BCUT2D eigenvalue weighted by molar-refractivity contribution is -0.142. The fraction of sp³-hybridized carbons (Fsp3) is 0.167. The summed E-state index contributed by atoms with van der Waals surface area (Å²) >= 11 is 4.38. The van der Waals surface area contributed by atoms with Crippen LogP contribution in [0.15, 0.2) is 39.1 Å². The zero-order valence-corrected chi connectivity index (χ0v) is 14.5. The Bertz CT molecular complexity index is 762. The second kappa shape index (κ2) is 7.07. The number of thiazole rings is 1. The number of nitrogens with zero attached hydrogens (tertiary/aromatic N) is 1. The maximum absolute atomic E-state index is 12.2. The van der Waals surface area contributed by atoms with Crippen LogP contribution in [-0.2, 0) is 19.6 Å². The minimum atomic E-state index is -3.74. The van der Waals surface area contributed by atoms with E-state index in [1.807, 2.05) is 0 Å². The molecule has 2 rings (SSSR count). The molecular weight excluding hydrogens is 396 g/mol. The van der Waals surface area contributed by atoms with Gasteiger partial charge in [-0.25, -0.2) is 18.2 Å². The van der Waals surface area contributed by atoms with E-state index in [4.69, 9.17) is 4.74 Å². The molecule has 0 spiro atoms. The molecule has 0 aliphatic carbocycles. The van der Waals surface area contributed by atoms with Crippen molar-refractivity contribution in [1.29, 1.82) is 0 Å². The van der Waals surface area contributed by atoms with E-state index in [1.165, 1.54) is 42.8 Å². The van der Waals surface area contributed by atoms with Crippen molar-refractivity contribution >= 4 is 48.4 Å². The van der Waals surface area contributed by atoms with E-state index in [1.54, 1.807) is 5.38 Å². The summed E-state index contributed by atoms with van der Waals surface area (Å²) in [4.78, 5) is 14.9. The van der Waals surface area contributed by atoms with Crippen LogP contribution in [0, 0.1) is 0 Å². The smallest absolute Gasteiger partial charge is 0.343 e. The lowest BCUT2D eigenvalue weighted by atomic mass is 10.3. The Labute approximate surface area is 139 Å². The van der Waals surface area contributed by atoms with E-state index >= 15 is 0 Å². The van der Waals surface area contributed by atoms with Crippen LogP contribution in [0.25, 0.3) is 0 Å². The number of rotatable bonds is 6. The van der Waals surface area contributed by atoms with Gasteiger partial charge in [-0.05, 0) is 34.1 Å². The predicted octanol–water partition coefficient (Wildman–Crippen LogP) is 2.26. The molecule has 0 unspecified atom stereocenters. The molecule has 7 nitrogen and oxygen atoms in total. The van der Waals surface area contributed by atoms with Crippen molar-refractivity contribution in [1.82, 2.24) is 4.98 Å². The highest BCUT2D eigenvalue weighted by atomic mass is 79.9. The molecule has 2 aromatic rings. The highest BCUT2D eigenvalue weighted by Crippen LogP contribution is 2.29. The number of benzene rings is 1. The third kappa shape index (κ3) is 4.18. The molecule has 1 aromatic heterocycles. The summed E-state index contributed by atoms with van der Waals surface area (Å²) in [7, 11) is -2.49. The summed E-state index contributed by atoms with van der Waals surface area (Å²) in [5, 5.41) is 1.94. The normalized spacial score (nSPS) is 11.0. The third-order valence-electron chi connectivity index (χ3n) is 2.44. The number of ether oxygens (including phenoxy) is 2. The Kier molecular flexibility index (Phi) is 5.37. The van der Waals surface area contributed by atoms with E-state index in [9.17, 15) is 13.2 Å². The number of aromatic nitrogens is 1. The van der Waals surface area contributed by atoms with E-state index in [0.717, 1.165) is 0 Å². The average Bonchev–Trinajstić information content (AvgIpc) is 2.97. The Hall–Kier alpha value is -1.65. The van der Waals surface area contributed by atoms with Gasteiger partial charge in [-0.15, -0.1) is 11.3 Å². The number of nitrogens with one attached hydrogen (secondary N) is 1. The van der Waals surface area contributed by atoms with Gasteiger partial charge in [-0.1, -0.05) is 0 Å². The van der Waals surface area contributed by atoms with Gasteiger partial charge < -0.3 is 9.47 Å². The average molecular weight is 407 g/mol. The predicted molar refractivity (Wildman–Crippen MR) is 84.6 cm³/mol. The molecule has 1 aromatic carbocycles. The molecule has 0 fully saturated rings. The van der Waals surface area contributed by atoms with Crippen molar-refractivity contribution in [2.75, 3.05) is 18.4 Å². The number of halogens is 1. The second-order valence-corrected chi connectivity index (χ2v) is 7.33. The fourth-order valence-electron chi connectivity index (χ4n) is 1.41. The van der Waals surface area contributed by atoms with Gasteiger partial charge in [0.2, 0.25) is 0 Å². The molecule has 0 aliphatic heterocycles. The van der Waals surface area contributed by atoms with E-state index in [0.29, 0.717) is 10.2 Å². The van der Waals surface area contributed by atoms with E-state index in [2.05, 4.69) is 30.4 Å². The molecule has 1 heterocycles. The van der Waals surface area contributed by atoms with Gasteiger partial charge in [0, 0.05) is 11.6 Å². The number of hydrogen-bond acceptors (Lipinski definition) is 7. The van der Waals surface area contributed by atoms with Crippen LogP contribution in [0.1, 0.15) is 0 Å². The summed E-state index contributed by atoms with van der Waals surface area (Å²) in [6, 6.07) is 4.19. The standard InChI is InChI=1S/C12H11BrN2O5S2/c1-19-11(16)7-20-10-3-2-8(6-9(10)13)22(17,18)15-12-14-4-5-21-12/h2-6H,7H2,1H3,(H,14,15). The van der Waals surface area contributed by atoms with Gasteiger partial charge >= 0.3 is 5.97 Å². The number of carbonyl (C=O) groups excluding carboxylic acids is 1. The maximum Gasteiger partial charge on any atom is 0.343 e. The fourth-order valence-corrected chi connectivity index (χ4v) is 3.87. The van der Waals surface area contributed by atoms with Crippen LogP contribution in [0.4, 0.5) is 5.13 Å². The molecule has 10 heteroatoms. The largest absolute Gasteiger partial charge is 0.481 e. The number of carbonyl (C=O) groups is 1. The van der Waals surface area contributed by atoms with Gasteiger partial charge in [0.25, 0.3) is 10.0 Å². The third-order valence-corrected chi connectivity index (χ3v) is 5.21. The van der Waals surface area contributed by atoms with Crippen molar-refractivity contribution in [3.05, 3.63) is 34.2 Å². The lowest BCUT2D eigenvalue weighted by Crippen LogP contribution is -2.14. The second-order valence-electron chi connectivity index (χ2n) is 3.90. The van der Waals surface area contributed by atoms with Crippen molar-refractivity contribution in [3.63, 3.8) is 0 Å². The first kappa shape index (κ1) is 16.7. The molecule has 0 atom stereocenters. The molecule has 0 saturated heterocycles. The van der Waals surface area contributed by atoms with Crippen LogP contribution < -0.4 is 9.46 Å². The molecule has 0 aliphatic rings. The topological polar surface area (TPSA) is 94.6 Å². The molecule has 1 N–H and O–H groups in total. The summed E-state index contributed by atoms with van der Waals surface area (Å²) in [6.07, 6.45) is 1.50. The van der Waals surface area contributed by atoms with Crippen LogP contribution in [0.5, 0.6) is 5.75 Å². The van der Waals surface area contributed by atoms with Crippen LogP contribution >= 0.6 is 27.3 Å². The number of hydrogen-bond donors (Lipinski definition) is 1. The molecule has 0 saturated carbocycles. The summed E-state index contributed by atoms with van der Waals surface area (Å²) < 4.78 is 36.8. The number of sulfonamides is 1. The number of esters is 1. The van der Waals surface area contributed by atoms with Crippen molar-refractivity contribution in [2.24, 2.45) is 0 Å². The summed E-state index contributed by atoms with van der Waals surface area (Å²) in [5.41, 5.74) is 0. The quantitative estimate of drug-likeness (QED) is 0.739. The monoisotopic (exact) mass is 406 g/mol. The minimum absolute atomic E-state index is 0.0417. The SMILES string of the molecule is COC(=O)COc1ccc(S(=O)(=O)Nc2nccs2)cc1Br. The summed E-state index contributed by atoms with van der Waals surface area (Å²) in [5.74, 6) is -0.201. The maximum atomic E-state index is 12.2. The van der Waals surface area contributed by atoms with Gasteiger partial charge in [0.15, 0.2) is 11.7 Å². The molecule has 0 bridgehead atoms. The first-order valence-electron chi connectivity index (χ1n) is 5.84. The zero-order valence-electron chi connectivity index (χ0n) is 11.3. The molecule has 0 radical (unpaired) electrons. The summed E-state index contributed by atoms with van der Waals surface area (Å²) in [6.45, 7) is -0.265. The Balaban J connectivity index is 2.16. The number of methoxy groups -OCH3 is 1. The zero-order chi connectivity index (χ0) is 16.2. The molecule has 22 heavy (non-hydrogen) atoms. The van der Waals surface area contributed by atoms with Gasteiger partial charge in [-0.2, -0.15) is 0 Å². The first-order chi connectivity index (χ1) is 10.4. The Morgan fingerprint density at radius 3 is 2.82 bits per heavy atom. The van der Waals surface area contributed by atoms with Crippen molar-refractivity contribution in [3.8, 4) is 5.75 Å². The van der Waals surface area contributed by atoms with Gasteiger partial charge in [-0.3, -0.25) is 4.72 Å². The van der Waals surface area contributed by atoms with Crippen molar-refractivity contribution < 1.29 is 22.7 Å². The first-order valence-corrected chi connectivity index (χ1v) is 8.99. The highest BCUT2D eigenvalue weighted by molar-refractivity contribution is 9.10.